The van der Waals surface area contributed by atoms with Crippen LogP contribution in [0.5, 0.6) is 5.75 Å². The van der Waals surface area contributed by atoms with Crippen molar-refractivity contribution in [2.24, 2.45) is 11.3 Å². The van der Waals surface area contributed by atoms with E-state index in [0.29, 0.717) is 11.3 Å². The van der Waals surface area contributed by atoms with E-state index in [-0.39, 0.29) is 19.4 Å². The number of sulfonamides is 1. The number of fused-ring (bicyclic) bond motifs is 1. The summed E-state index contributed by atoms with van der Waals surface area (Å²) in [6.45, 7) is 14.1. The fourth-order valence-electron chi connectivity index (χ4n) is 5.56. The second-order valence-corrected chi connectivity index (χ2v) is 15.7. The van der Waals surface area contributed by atoms with Crippen LogP contribution < -0.4 is 20.1 Å². The van der Waals surface area contributed by atoms with E-state index in [2.05, 4.69) is 22.2 Å². The van der Waals surface area contributed by atoms with Crippen molar-refractivity contribution in [3.63, 3.8) is 0 Å². The molecule has 250 valence electrons. The minimum absolute atomic E-state index is 0.0103. The summed E-state index contributed by atoms with van der Waals surface area (Å²) in [5.41, 5.74) is -2.45. The average molecular weight is 658 g/mol. The maximum absolute atomic E-state index is 14.3. The van der Waals surface area contributed by atoms with Crippen LogP contribution in [0.4, 0.5) is 4.79 Å². The molecule has 2 aromatic rings. The van der Waals surface area contributed by atoms with Crippen LogP contribution in [0.2, 0.25) is 0 Å². The second kappa shape index (κ2) is 12.5. The minimum atomic E-state index is -3.92. The summed E-state index contributed by atoms with van der Waals surface area (Å²) in [7, 11) is -3.92. The molecule has 1 aromatic carbocycles. The van der Waals surface area contributed by atoms with Crippen LogP contribution in [0.1, 0.15) is 54.4 Å². The fraction of sp³-hybridized carbons (Fsp3) is 0.531. The molecule has 13 nitrogen and oxygen atoms in total. The Morgan fingerprint density at radius 2 is 1.78 bits per heavy atom. The van der Waals surface area contributed by atoms with E-state index >= 15 is 0 Å². The fourth-order valence-corrected chi connectivity index (χ4v) is 6.08. The van der Waals surface area contributed by atoms with Crippen molar-refractivity contribution in [3.05, 3.63) is 49.2 Å². The molecule has 2 fully saturated rings. The molecule has 4 rings (SSSR count). The smallest absolute Gasteiger partial charge is 0.408 e. The van der Waals surface area contributed by atoms with Crippen LogP contribution >= 0.6 is 0 Å². The summed E-state index contributed by atoms with van der Waals surface area (Å²) in [4.78, 5) is 59.8. The van der Waals surface area contributed by atoms with Gasteiger partial charge in [0, 0.05) is 23.9 Å². The lowest BCUT2D eigenvalue weighted by atomic mass is 9.85. The number of carbonyl (C=O) groups is 4. The zero-order valence-corrected chi connectivity index (χ0v) is 28.1. The number of carbonyl (C=O) groups excluding carboxylic acids is 4. The number of hydrogen-bond donors (Lipinski definition) is 3. The van der Waals surface area contributed by atoms with Gasteiger partial charge in [0.1, 0.15) is 35.1 Å². The average Bonchev–Trinajstić information content (AvgIpc) is 3.48. The highest BCUT2D eigenvalue weighted by atomic mass is 32.2. The molecule has 14 heteroatoms. The van der Waals surface area contributed by atoms with Crippen LogP contribution in [0.15, 0.2) is 49.2 Å². The van der Waals surface area contributed by atoms with Gasteiger partial charge in [0.2, 0.25) is 21.8 Å². The first-order chi connectivity index (χ1) is 21.2. The summed E-state index contributed by atoms with van der Waals surface area (Å²) in [6, 6.07) is 6.88. The molecule has 1 saturated heterocycles. The lowest BCUT2D eigenvalue weighted by Gasteiger charge is -2.36. The molecule has 4 amide bonds. The zero-order valence-electron chi connectivity index (χ0n) is 27.2. The van der Waals surface area contributed by atoms with Gasteiger partial charge >= 0.3 is 6.09 Å². The highest BCUT2D eigenvalue weighted by Crippen LogP contribution is 2.45. The highest BCUT2D eigenvalue weighted by molar-refractivity contribution is 7.89. The van der Waals surface area contributed by atoms with E-state index in [1.807, 2.05) is 29.0 Å². The Hall–Kier alpha value is -4.20. The SMILES string of the molecule is C=C[C@@H]1C[C@]1(NC(=O)[C@@H]1C[C@@H](Oc2ccnc3ccccc23)CN1C(=O)[C@@H](NC(=O)OC(C)(C)C)C(C)(C)C)C(=O)NS(C)(=O)=O. The summed E-state index contributed by atoms with van der Waals surface area (Å²) >= 11 is 0. The summed E-state index contributed by atoms with van der Waals surface area (Å²) in [6.07, 6.45) is 2.67. The van der Waals surface area contributed by atoms with Gasteiger partial charge in [0.25, 0.3) is 5.91 Å². The molecule has 0 spiro atoms. The van der Waals surface area contributed by atoms with Crippen molar-refractivity contribution in [1.82, 2.24) is 25.2 Å². The first kappa shape index (κ1) is 34.7. The number of benzene rings is 1. The molecule has 5 atom stereocenters. The van der Waals surface area contributed by atoms with Gasteiger partial charge in [-0.05, 0) is 50.8 Å². The topological polar surface area (TPSA) is 173 Å². The number of amides is 4. The van der Waals surface area contributed by atoms with Crippen molar-refractivity contribution in [3.8, 4) is 5.75 Å². The van der Waals surface area contributed by atoms with Crippen LogP contribution in [0.25, 0.3) is 10.9 Å². The molecule has 1 aromatic heterocycles. The van der Waals surface area contributed by atoms with Gasteiger partial charge in [-0.1, -0.05) is 39.0 Å². The summed E-state index contributed by atoms with van der Waals surface area (Å²) in [5.74, 6) is -2.11. The molecule has 0 bridgehead atoms. The summed E-state index contributed by atoms with van der Waals surface area (Å²) < 4.78 is 37.5. The van der Waals surface area contributed by atoms with E-state index in [0.717, 1.165) is 11.6 Å². The predicted octanol–water partition coefficient (Wildman–Crippen LogP) is 2.66. The molecule has 46 heavy (non-hydrogen) atoms. The van der Waals surface area contributed by atoms with Crippen molar-refractivity contribution >= 4 is 44.7 Å². The molecule has 1 aliphatic heterocycles. The van der Waals surface area contributed by atoms with Crippen molar-refractivity contribution in [1.29, 1.82) is 0 Å². The van der Waals surface area contributed by atoms with Crippen LogP contribution in [0.3, 0.4) is 0 Å². The van der Waals surface area contributed by atoms with Gasteiger partial charge in [-0.2, -0.15) is 0 Å². The van der Waals surface area contributed by atoms with Gasteiger partial charge in [-0.15, -0.1) is 6.58 Å². The number of nitrogens with one attached hydrogen (secondary N) is 3. The third-order valence-electron chi connectivity index (χ3n) is 7.85. The molecular formula is C32H43N5O8S. The molecule has 1 aliphatic carbocycles. The maximum atomic E-state index is 14.3. The molecule has 2 aliphatic rings. The van der Waals surface area contributed by atoms with Crippen molar-refractivity contribution < 1.29 is 37.1 Å². The van der Waals surface area contributed by atoms with Gasteiger partial charge in [-0.25, -0.2) is 13.2 Å². The van der Waals surface area contributed by atoms with Gasteiger partial charge in [0.15, 0.2) is 0 Å². The normalized spacial score (nSPS) is 23.6. The first-order valence-corrected chi connectivity index (χ1v) is 16.9. The number of nitrogens with zero attached hydrogens (tertiary/aromatic N) is 2. The van der Waals surface area contributed by atoms with Crippen LogP contribution in [-0.4, -0.2) is 84.2 Å². The van der Waals surface area contributed by atoms with E-state index in [9.17, 15) is 27.6 Å². The molecule has 1 saturated carbocycles. The van der Waals surface area contributed by atoms with Crippen molar-refractivity contribution in [2.75, 3.05) is 12.8 Å². The van der Waals surface area contributed by atoms with E-state index in [4.69, 9.17) is 9.47 Å². The lowest BCUT2D eigenvalue weighted by molar-refractivity contribution is -0.143. The Kier molecular flexibility index (Phi) is 9.45. The third kappa shape index (κ3) is 7.95. The number of aromatic nitrogens is 1. The van der Waals surface area contributed by atoms with Gasteiger partial charge in [-0.3, -0.25) is 24.1 Å². The second-order valence-electron chi connectivity index (χ2n) is 14.0. The predicted molar refractivity (Wildman–Crippen MR) is 171 cm³/mol. The van der Waals surface area contributed by atoms with Gasteiger partial charge in [0.05, 0.1) is 18.3 Å². The van der Waals surface area contributed by atoms with Gasteiger partial charge < -0.3 is 25.0 Å². The van der Waals surface area contributed by atoms with E-state index < -0.39 is 74.5 Å². The third-order valence-corrected chi connectivity index (χ3v) is 8.41. The van der Waals surface area contributed by atoms with E-state index in [1.165, 1.54) is 11.0 Å². The maximum Gasteiger partial charge on any atom is 0.408 e. The summed E-state index contributed by atoms with van der Waals surface area (Å²) in [5, 5.41) is 6.15. The van der Waals surface area contributed by atoms with Crippen LogP contribution in [-0.2, 0) is 29.1 Å². The number of ether oxygens (including phenoxy) is 2. The Balaban J connectivity index is 1.66. The number of alkyl carbamates (subject to hydrolysis) is 1. The molecule has 3 N–H and O–H groups in total. The zero-order chi connectivity index (χ0) is 34.2. The Morgan fingerprint density at radius 1 is 1.11 bits per heavy atom. The molecule has 0 unspecified atom stereocenters. The van der Waals surface area contributed by atoms with Crippen LogP contribution in [0, 0.1) is 11.3 Å². The standard InChI is InChI=1S/C32H43N5O8S/c1-9-19-17-32(19,28(40)36-46(8,42)43)35-26(38)23-16-20(44-24-14-15-33-22-13-11-10-12-21(22)24)18-37(23)27(39)25(30(2,3)4)34-29(41)45-31(5,6)7/h9-15,19-20,23,25H,1,16-18H2,2-8H3,(H,34,41)(H,35,38)(H,36,40)/t19-,20-,23+,25-,32-/m1/s1. The largest absolute Gasteiger partial charge is 0.488 e. The highest BCUT2D eigenvalue weighted by Gasteiger charge is 2.61. The molecular weight excluding hydrogens is 614 g/mol. The Labute approximate surface area is 269 Å². The number of rotatable bonds is 9. The number of hydrogen-bond acceptors (Lipinski definition) is 9. The number of likely N-dealkylation sites (tertiary alicyclic amines) is 1. The molecule has 2 heterocycles. The molecule has 0 radical (unpaired) electrons. The Bertz CT molecular complexity index is 1640. The quantitative estimate of drug-likeness (QED) is 0.343. The first-order valence-electron chi connectivity index (χ1n) is 15.0. The number of para-hydroxylation sites is 1. The monoisotopic (exact) mass is 657 g/mol. The number of pyridine rings is 1. The lowest BCUT2D eigenvalue weighted by Crippen LogP contribution is -2.60. The van der Waals surface area contributed by atoms with E-state index in [1.54, 1.807) is 53.8 Å². The Morgan fingerprint density at radius 3 is 2.37 bits per heavy atom. The van der Waals surface area contributed by atoms with Crippen molar-refractivity contribution in [2.45, 2.75) is 83.7 Å². The minimum Gasteiger partial charge on any atom is -0.488 e.